The molecular weight excluding hydrogens is 485 g/mol. The van der Waals surface area contributed by atoms with Crippen molar-refractivity contribution in [2.45, 2.75) is 0 Å². The van der Waals surface area contributed by atoms with Gasteiger partial charge in [0.2, 0.25) is 5.95 Å². The lowest BCUT2D eigenvalue weighted by molar-refractivity contribution is -0.114. The van der Waals surface area contributed by atoms with Crippen LogP contribution in [0.5, 0.6) is 5.75 Å². The minimum absolute atomic E-state index is 0.0263. The number of rotatable bonds is 10. The fourth-order valence-corrected chi connectivity index (χ4v) is 3.80. The normalized spacial score (nSPS) is 14.0. The number of nitrogens with one attached hydrogen (secondary N) is 2. The van der Waals surface area contributed by atoms with E-state index in [1.807, 2.05) is 19.0 Å². The second-order valence-electron chi connectivity index (χ2n) is 8.82. The molecule has 0 saturated carbocycles. The van der Waals surface area contributed by atoms with Gasteiger partial charge in [-0.2, -0.15) is 0 Å². The van der Waals surface area contributed by atoms with Crippen molar-refractivity contribution < 1.29 is 23.5 Å². The van der Waals surface area contributed by atoms with Crippen LogP contribution in [0.15, 0.2) is 67.2 Å². The van der Waals surface area contributed by atoms with E-state index in [-0.39, 0.29) is 52.6 Å². The SMILES string of the molecule is [2H]c1c([2H])c([2H])c2c(c(-c3ccnc(Nc4cc(NC(=O)C(=C)F)c(N(C)CCN(C)C)cc4OC([2H])([2H])[2H])n3)cn2C)c1[2H]. The third-order valence-electron chi connectivity index (χ3n) is 5.79. The quantitative estimate of drug-likeness (QED) is 0.288. The molecule has 0 aliphatic rings. The fraction of sp³-hybridized carbons (Fsp3) is 0.250. The van der Waals surface area contributed by atoms with Crippen LogP contribution in [0.4, 0.5) is 27.4 Å². The molecule has 1 amide bonds. The number of aryl methyl sites for hydroxylation is 1. The summed E-state index contributed by atoms with van der Waals surface area (Å²) in [6.45, 7) is 4.11. The molecule has 4 aromatic rings. The number of anilines is 4. The summed E-state index contributed by atoms with van der Waals surface area (Å²) >= 11 is 0. The second-order valence-corrected chi connectivity index (χ2v) is 8.82. The van der Waals surface area contributed by atoms with Gasteiger partial charge in [-0.05, 0) is 32.3 Å². The Morgan fingerprint density at radius 1 is 1.24 bits per heavy atom. The van der Waals surface area contributed by atoms with Crippen molar-refractivity contribution in [3.63, 3.8) is 0 Å². The van der Waals surface area contributed by atoms with Gasteiger partial charge in [0.25, 0.3) is 5.91 Å². The van der Waals surface area contributed by atoms with E-state index in [0.717, 1.165) is 0 Å². The highest BCUT2D eigenvalue weighted by Crippen LogP contribution is 2.38. The van der Waals surface area contributed by atoms with Crippen molar-refractivity contribution in [3.8, 4) is 17.0 Å². The highest BCUT2D eigenvalue weighted by Gasteiger charge is 2.18. The third-order valence-corrected chi connectivity index (χ3v) is 5.79. The first-order chi connectivity index (χ1) is 21.0. The van der Waals surface area contributed by atoms with Gasteiger partial charge in [-0.25, -0.2) is 14.4 Å². The van der Waals surface area contributed by atoms with Crippen molar-refractivity contribution >= 4 is 39.8 Å². The first-order valence-electron chi connectivity index (χ1n) is 15.0. The molecule has 0 saturated heterocycles. The Hall–Kier alpha value is -4.44. The van der Waals surface area contributed by atoms with Crippen LogP contribution in [0.25, 0.3) is 22.2 Å². The van der Waals surface area contributed by atoms with Gasteiger partial charge < -0.3 is 29.7 Å². The van der Waals surface area contributed by atoms with Crippen LogP contribution in [0.3, 0.4) is 0 Å². The molecule has 2 aromatic heterocycles. The number of aromatic nitrogens is 3. The summed E-state index contributed by atoms with van der Waals surface area (Å²) in [5, 5.41) is 5.64. The molecule has 9 nitrogen and oxygen atoms in total. The summed E-state index contributed by atoms with van der Waals surface area (Å²) < 4.78 is 76.8. The first-order valence-corrected chi connectivity index (χ1v) is 11.5. The summed E-state index contributed by atoms with van der Waals surface area (Å²) in [5.74, 6) is -2.47. The van der Waals surface area contributed by atoms with E-state index in [1.165, 1.54) is 18.3 Å². The zero-order valence-corrected chi connectivity index (χ0v) is 21.4. The molecule has 0 aliphatic carbocycles. The van der Waals surface area contributed by atoms with Crippen LogP contribution in [0.2, 0.25) is 0 Å². The molecule has 0 bridgehead atoms. The molecule has 38 heavy (non-hydrogen) atoms. The Balaban J connectivity index is 1.84. The van der Waals surface area contributed by atoms with Gasteiger partial charge in [-0.1, -0.05) is 24.7 Å². The molecule has 2 N–H and O–H groups in total. The number of methoxy groups -OCH3 is 1. The molecule has 0 fully saturated rings. The van der Waals surface area contributed by atoms with Crippen molar-refractivity contribution in [2.24, 2.45) is 7.05 Å². The number of fused-ring (bicyclic) bond motifs is 1. The highest BCUT2D eigenvalue weighted by atomic mass is 19.1. The van der Waals surface area contributed by atoms with Crippen LogP contribution in [0.1, 0.15) is 9.60 Å². The smallest absolute Gasteiger partial charge is 0.283 e. The van der Waals surface area contributed by atoms with E-state index in [4.69, 9.17) is 14.3 Å². The molecule has 0 radical (unpaired) electrons. The van der Waals surface area contributed by atoms with Gasteiger partial charge >= 0.3 is 0 Å². The van der Waals surface area contributed by atoms with Crippen molar-refractivity contribution in [2.75, 3.05) is 56.8 Å². The van der Waals surface area contributed by atoms with Gasteiger partial charge in [0.15, 0.2) is 5.83 Å². The van der Waals surface area contributed by atoms with E-state index in [2.05, 4.69) is 27.2 Å². The number of halogens is 1. The molecule has 0 spiro atoms. The first kappa shape index (κ1) is 18.8. The number of carbonyl (C=O) groups is 1. The number of ether oxygens (including phenoxy) is 1. The second kappa shape index (κ2) is 11.3. The lowest BCUT2D eigenvalue weighted by Crippen LogP contribution is -2.29. The Bertz CT molecular complexity index is 1790. The Morgan fingerprint density at radius 2 is 2.03 bits per heavy atom. The Morgan fingerprint density at radius 3 is 2.76 bits per heavy atom. The zero-order valence-electron chi connectivity index (χ0n) is 28.4. The predicted octanol–water partition coefficient (Wildman–Crippen LogP) is 4.81. The molecule has 4 rings (SSSR count). The van der Waals surface area contributed by atoms with Crippen LogP contribution >= 0.6 is 0 Å². The van der Waals surface area contributed by atoms with Gasteiger partial charge in [0, 0.05) is 62.1 Å². The highest BCUT2D eigenvalue weighted by molar-refractivity contribution is 6.04. The van der Waals surface area contributed by atoms with Crippen molar-refractivity contribution in [3.05, 3.63) is 67.2 Å². The zero-order chi connectivity index (χ0) is 33.4. The van der Waals surface area contributed by atoms with Gasteiger partial charge in [-0.3, -0.25) is 4.79 Å². The van der Waals surface area contributed by atoms with Crippen LogP contribution in [-0.2, 0) is 11.8 Å². The molecule has 198 valence electrons. The fourth-order valence-electron chi connectivity index (χ4n) is 3.80. The maximum absolute atomic E-state index is 13.7. The molecular formula is C28H32FN7O2. The lowest BCUT2D eigenvalue weighted by atomic mass is 10.1. The average molecular weight is 525 g/mol. The molecule has 2 heterocycles. The van der Waals surface area contributed by atoms with E-state index in [0.29, 0.717) is 35.6 Å². The van der Waals surface area contributed by atoms with Gasteiger partial charge in [-0.15, -0.1) is 0 Å². The lowest BCUT2D eigenvalue weighted by Gasteiger charge is -2.26. The number of nitrogens with zero attached hydrogens (tertiary/aromatic N) is 5. The molecule has 0 aliphatic heterocycles. The topological polar surface area (TPSA) is 87.6 Å². The summed E-state index contributed by atoms with van der Waals surface area (Å²) in [7, 11) is 4.27. The van der Waals surface area contributed by atoms with E-state index in [1.54, 1.807) is 35.8 Å². The monoisotopic (exact) mass is 524 g/mol. The molecule has 0 atom stereocenters. The number of likely N-dealkylation sites (N-methyl/N-ethyl adjacent to an activating group) is 2. The van der Waals surface area contributed by atoms with E-state index in [9.17, 15) is 9.18 Å². The standard InChI is InChI=1S/C28H32FN7O2/c1-18(29)27(37)31-22-15-23(26(38-6)16-25(22)35(4)14-13-34(2)3)33-28-30-12-11-21(32-28)20-17-36(5)24-10-8-7-9-19(20)24/h7-12,15-17H,1,13-14H2,2-6H3,(H,31,37)(H,30,32,33)/i6D3,7D,8D,9D,10D. The summed E-state index contributed by atoms with van der Waals surface area (Å²) in [6, 6.07) is 3.15. The minimum Gasteiger partial charge on any atom is -0.494 e. The summed E-state index contributed by atoms with van der Waals surface area (Å²) in [6.07, 6.45) is 3.05. The maximum Gasteiger partial charge on any atom is 0.283 e. The summed E-state index contributed by atoms with van der Waals surface area (Å²) in [4.78, 5) is 24.7. The van der Waals surface area contributed by atoms with Crippen LogP contribution in [0, 0.1) is 0 Å². The predicted molar refractivity (Wildman–Crippen MR) is 151 cm³/mol. The van der Waals surface area contributed by atoms with Gasteiger partial charge in [0.05, 0.1) is 39.4 Å². The van der Waals surface area contributed by atoms with E-state index >= 15 is 0 Å². The number of hydrogen-bond acceptors (Lipinski definition) is 7. The Labute approximate surface area is 231 Å². The minimum atomic E-state index is -2.86. The molecule has 0 unspecified atom stereocenters. The molecule has 2 aromatic carbocycles. The molecule has 10 heteroatoms. The van der Waals surface area contributed by atoms with Crippen LogP contribution in [-0.4, -0.2) is 66.6 Å². The summed E-state index contributed by atoms with van der Waals surface area (Å²) in [5.41, 5.74) is 1.52. The number of para-hydroxylation sites is 1. The maximum atomic E-state index is 13.7. The number of benzene rings is 2. The Kier molecular flexibility index (Phi) is 5.58. The number of amides is 1. The van der Waals surface area contributed by atoms with Crippen molar-refractivity contribution in [1.29, 1.82) is 0 Å². The van der Waals surface area contributed by atoms with Gasteiger partial charge in [0.1, 0.15) is 5.75 Å². The number of hydrogen-bond donors (Lipinski definition) is 2. The van der Waals surface area contributed by atoms with Crippen molar-refractivity contribution in [1.82, 2.24) is 19.4 Å². The number of carbonyl (C=O) groups excluding carboxylic acids is 1. The van der Waals surface area contributed by atoms with Crippen LogP contribution < -0.4 is 20.3 Å². The average Bonchev–Trinajstić information content (AvgIpc) is 3.31. The van der Waals surface area contributed by atoms with E-state index < -0.39 is 18.8 Å². The largest absolute Gasteiger partial charge is 0.494 e. The third kappa shape index (κ3) is 5.76.